The fourth-order valence-corrected chi connectivity index (χ4v) is 3.89. The summed E-state index contributed by atoms with van der Waals surface area (Å²) in [5, 5.41) is 3.51. The Labute approximate surface area is 123 Å². The molecule has 1 atom stereocenters. The fourth-order valence-electron chi connectivity index (χ4n) is 2.47. The van der Waals surface area contributed by atoms with Crippen LogP contribution in [0.15, 0.2) is 0 Å². The summed E-state index contributed by atoms with van der Waals surface area (Å²) >= 11 is 1.53. The third kappa shape index (κ3) is 3.03. The van der Waals surface area contributed by atoms with Crippen LogP contribution in [0, 0.1) is 5.92 Å². The standard InChI is InChI=1S/C15H21NO3S/c1-4-12(17)16-14-13(15(18)19-5-2)10-7-6-9(3)8-11(10)20-14/h9H,4-8H2,1-3H3,(H,16,17)/t9-/m0/s1. The summed E-state index contributed by atoms with van der Waals surface area (Å²) < 4.78 is 5.15. The Hall–Kier alpha value is -1.36. The van der Waals surface area contributed by atoms with Gasteiger partial charge in [-0.15, -0.1) is 11.3 Å². The van der Waals surface area contributed by atoms with Crippen molar-refractivity contribution in [2.75, 3.05) is 11.9 Å². The zero-order chi connectivity index (χ0) is 14.7. The summed E-state index contributed by atoms with van der Waals surface area (Å²) in [6.45, 7) is 6.16. The first-order valence-corrected chi connectivity index (χ1v) is 7.99. The smallest absolute Gasteiger partial charge is 0.341 e. The molecule has 20 heavy (non-hydrogen) atoms. The molecule has 0 radical (unpaired) electrons. The summed E-state index contributed by atoms with van der Waals surface area (Å²) in [6.07, 6.45) is 3.36. The Bertz CT molecular complexity index is 521. The molecule has 1 aromatic heterocycles. The molecule has 0 saturated carbocycles. The van der Waals surface area contributed by atoms with Crippen molar-refractivity contribution in [3.63, 3.8) is 0 Å². The number of esters is 1. The molecule has 1 amide bonds. The van der Waals surface area contributed by atoms with Gasteiger partial charge in [-0.2, -0.15) is 0 Å². The van der Waals surface area contributed by atoms with Crippen LogP contribution in [0.25, 0.3) is 0 Å². The molecule has 2 rings (SSSR count). The third-order valence-electron chi connectivity index (χ3n) is 3.57. The van der Waals surface area contributed by atoms with E-state index < -0.39 is 0 Å². The molecule has 0 bridgehead atoms. The van der Waals surface area contributed by atoms with Crippen molar-refractivity contribution in [3.05, 3.63) is 16.0 Å². The number of hydrogen-bond acceptors (Lipinski definition) is 4. The van der Waals surface area contributed by atoms with Gasteiger partial charge in [0.2, 0.25) is 5.91 Å². The molecule has 1 aliphatic rings. The van der Waals surface area contributed by atoms with Gasteiger partial charge in [-0.3, -0.25) is 4.79 Å². The number of hydrogen-bond donors (Lipinski definition) is 1. The van der Waals surface area contributed by atoms with E-state index in [0.717, 1.165) is 24.8 Å². The average molecular weight is 295 g/mol. The predicted molar refractivity (Wildman–Crippen MR) is 80.4 cm³/mol. The van der Waals surface area contributed by atoms with Crippen LogP contribution in [-0.2, 0) is 22.4 Å². The first-order valence-electron chi connectivity index (χ1n) is 7.18. The molecule has 110 valence electrons. The van der Waals surface area contributed by atoms with Crippen molar-refractivity contribution < 1.29 is 14.3 Å². The molecule has 5 heteroatoms. The summed E-state index contributed by atoms with van der Waals surface area (Å²) in [4.78, 5) is 25.0. The lowest BCUT2D eigenvalue weighted by molar-refractivity contribution is -0.115. The van der Waals surface area contributed by atoms with Crippen molar-refractivity contribution in [3.8, 4) is 0 Å². The minimum atomic E-state index is -0.314. The normalized spacial score (nSPS) is 17.4. The third-order valence-corrected chi connectivity index (χ3v) is 4.74. The van der Waals surface area contributed by atoms with E-state index in [9.17, 15) is 9.59 Å². The highest BCUT2D eigenvalue weighted by Gasteiger charge is 2.28. The highest BCUT2D eigenvalue weighted by Crippen LogP contribution is 2.40. The van der Waals surface area contributed by atoms with Gasteiger partial charge in [0.15, 0.2) is 0 Å². The molecule has 4 nitrogen and oxygen atoms in total. The Balaban J connectivity index is 2.39. The summed E-state index contributed by atoms with van der Waals surface area (Å²) in [7, 11) is 0. The Morgan fingerprint density at radius 2 is 2.15 bits per heavy atom. The minimum Gasteiger partial charge on any atom is -0.462 e. The second-order valence-electron chi connectivity index (χ2n) is 5.18. The van der Waals surface area contributed by atoms with Gasteiger partial charge in [-0.05, 0) is 37.7 Å². The first kappa shape index (κ1) is 15.0. The molecule has 1 aliphatic carbocycles. The number of carbonyl (C=O) groups excluding carboxylic acids is 2. The number of ether oxygens (including phenoxy) is 1. The minimum absolute atomic E-state index is 0.0674. The van der Waals surface area contributed by atoms with E-state index in [1.165, 1.54) is 16.2 Å². The van der Waals surface area contributed by atoms with Crippen LogP contribution in [0.1, 0.15) is 54.4 Å². The Kier molecular flexibility index (Phi) is 4.81. The molecular weight excluding hydrogens is 274 g/mol. The molecule has 1 N–H and O–H groups in total. The van der Waals surface area contributed by atoms with E-state index in [0.29, 0.717) is 29.5 Å². The topological polar surface area (TPSA) is 55.4 Å². The van der Waals surface area contributed by atoms with Gasteiger partial charge in [0.05, 0.1) is 12.2 Å². The van der Waals surface area contributed by atoms with Crippen molar-refractivity contribution in [2.24, 2.45) is 5.92 Å². The van der Waals surface area contributed by atoms with Gasteiger partial charge in [-0.1, -0.05) is 13.8 Å². The van der Waals surface area contributed by atoms with Crippen LogP contribution >= 0.6 is 11.3 Å². The van der Waals surface area contributed by atoms with E-state index >= 15 is 0 Å². The van der Waals surface area contributed by atoms with Crippen LogP contribution in [0.2, 0.25) is 0 Å². The van der Waals surface area contributed by atoms with Crippen LogP contribution in [0.4, 0.5) is 5.00 Å². The molecule has 0 spiro atoms. The molecule has 1 aromatic rings. The zero-order valence-corrected chi connectivity index (χ0v) is 13.1. The first-order chi connectivity index (χ1) is 9.56. The van der Waals surface area contributed by atoms with Gasteiger partial charge in [0.1, 0.15) is 5.00 Å². The summed E-state index contributed by atoms with van der Waals surface area (Å²) in [6, 6.07) is 0. The number of nitrogens with one attached hydrogen (secondary N) is 1. The van der Waals surface area contributed by atoms with Crippen molar-refractivity contribution in [1.29, 1.82) is 0 Å². The number of carbonyl (C=O) groups is 2. The van der Waals surface area contributed by atoms with Crippen LogP contribution in [0.5, 0.6) is 0 Å². The van der Waals surface area contributed by atoms with Crippen LogP contribution < -0.4 is 5.32 Å². The maximum Gasteiger partial charge on any atom is 0.341 e. The number of rotatable bonds is 4. The van der Waals surface area contributed by atoms with E-state index in [-0.39, 0.29) is 11.9 Å². The molecule has 0 aromatic carbocycles. The largest absolute Gasteiger partial charge is 0.462 e. The molecule has 0 unspecified atom stereocenters. The molecular formula is C15H21NO3S. The lowest BCUT2D eigenvalue weighted by Crippen LogP contribution is -2.16. The van der Waals surface area contributed by atoms with Crippen molar-refractivity contribution in [2.45, 2.75) is 46.5 Å². The average Bonchev–Trinajstić information content (AvgIpc) is 2.75. The molecule has 0 fully saturated rings. The van der Waals surface area contributed by atoms with Gasteiger partial charge in [0, 0.05) is 11.3 Å². The maximum absolute atomic E-state index is 12.2. The van der Waals surface area contributed by atoms with Gasteiger partial charge in [-0.25, -0.2) is 4.79 Å². The zero-order valence-electron chi connectivity index (χ0n) is 12.2. The SMILES string of the molecule is CCOC(=O)c1c(NC(=O)CC)sc2c1CC[C@H](C)C2. The lowest BCUT2D eigenvalue weighted by atomic mass is 9.88. The molecule has 0 aliphatic heterocycles. The van der Waals surface area contributed by atoms with E-state index in [1.807, 2.05) is 0 Å². The van der Waals surface area contributed by atoms with Crippen molar-refractivity contribution >= 4 is 28.2 Å². The van der Waals surface area contributed by atoms with Crippen LogP contribution in [0.3, 0.4) is 0 Å². The number of anilines is 1. The van der Waals surface area contributed by atoms with E-state index in [2.05, 4.69) is 12.2 Å². The lowest BCUT2D eigenvalue weighted by Gasteiger charge is -2.18. The van der Waals surface area contributed by atoms with Gasteiger partial charge < -0.3 is 10.1 Å². The maximum atomic E-state index is 12.2. The van der Waals surface area contributed by atoms with Gasteiger partial charge in [0.25, 0.3) is 0 Å². The molecule has 0 saturated heterocycles. The Morgan fingerprint density at radius 1 is 1.40 bits per heavy atom. The Morgan fingerprint density at radius 3 is 2.80 bits per heavy atom. The van der Waals surface area contributed by atoms with Crippen molar-refractivity contribution in [1.82, 2.24) is 0 Å². The van der Waals surface area contributed by atoms with Crippen LogP contribution in [-0.4, -0.2) is 18.5 Å². The second-order valence-corrected chi connectivity index (χ2v) is 6.28. The van der Waals surface area contributed by atoms with E-state index in [1.54, 1.807) is 13.8 Å². The molecule has 1 heterocycles. The fraction of sp³-hybridized carbons (Fsp3) is 0.600. The highest BCUT2D eigenvalue weighted by molar-refractivity contribution is 7.17. The van der Waals surface area contributed by atoms with Gasteiger partial charge >= 0.3 is 5.97 Å². The number of fused-ring (bicyclic) bond motifs is 1. The highest BCUT2D eigenvalue weighted by atomic mass is 32.1. The summed E-state index contributed by atoms with van der Waals surface area (Å²) in [5.41, 5.74) is 1.67. The predicted octanol–water partition coefficient (Wildman–Crippen LogP) is 3.40. The summed E-state index contributed by atoms with van der Waals surface area (Å²) in [5.74, 6) is 0.249. The van der Waals surface area contributed by atoms with E-state index in [4.69, 9.17) is 4.74 Å². The quantitative estimate of drug-likeness (QED) is 0.866. The monoisotopic (exact) mass is 295 g/mol. The second kappa shape index (κ2) is 6.39. The number of amides is 1. The number of thiophene rings is 1.